The van der Waals surface area contributed by atoms with Gasteiger partial charge in [0.1, 0.15) is 17.4 Å². The Balaban J connectivity index is 1.59. The van der Waals surface area contributed by atoms with Crippen molar-refractivity contribution in [2.45, 2.75) is 38.6 Å². The van der Waals surface area contributed by atoms with Crippen molar-refractivity contribution in [3.8, 4) is 17.1 Å². The number of nitrogens with one attached hydrogen (secondary N) is 1. The molecule has 3 rings (SSSR count). The molecule has 0 unspecified atom stereocenters. The van der Waals surface area contributed by atoms with Crippen LogP contribution in [0.15, 0.2) is 53.1 Å². The quantitative estimate of drug-likeness (QED) is 0.521. The zero-order chi connectivity index (χ0) is 21.5. The van der Waals surface area contributed by atoms with Gasteiger partial charge in [-0.25, -0.2) is 13.8 Å². The molecule has 1 aromatic heterocycles. The number of carbonyl (C=O) groups is 1. The van der Waals surface area contributed by atoms with E-state index in [0.29, 0.717) is 24.5 Å². The van der Waals surface area contributed by atoms with Crippen molar-refractivity contribution in [3.05, 3.63) is 71.8 Å². The Bertz CT molecular complexity index is 986. The summed E-state index contributed by atoms with van der Waals surface area (Å²) in [5, 5.41) is 2.83. The Labute approximate surface area is 174 Å². The lowest BCUT2D eigenvalue weighted by molar-refractivity contribution is -0.122. The Hall–Kier alpha value is -3.22. The fourth-order valence-electron chi connectivity index (χ4n) is 3.18. The number of oxazole rings is 1. The summed E-state index contributed by atoms with van der Waals surface area (Å²) in [6.45, 7) is 1.94. The van der Waals surface area contributed by atoms with Gasteiger partial charge in [0.2, 0.25) is 5.91 Å². The Morgan fingerprint density at radius 2 is 1.97 bits per heavy atom. The highest BCUT2D eigenvalue weighted by Gasteiger charge is 2.18. The molecular weight excluding hydrogens is 390 g/mol. The number of carbonyl (C=O) groups excluding carboxylic acids is 1. The van der Waals surface area contributed by atoms with Crippen LogP contribution < -0.4 is 10.1 Å². The standard InChI is InChI=1S/C23H24F2N2O3/c1-3-4-20(18-10-7-16(24)13-19(18)25)27-22(28)11-12-23-26-14-21(30-23)15-5-8-17(29-2)9-6-15/h5-10,13-14,20H,3-4,11-12H2,1-2H3,(H,27,28)/t20-/m1/s1. The molecule has 1 heterocycles. The van der Waals surface area contributed by atoms with Gasteiger partial charge in [-0.15, -0.1) is 0 Å². The number of aromatic nitrogens is 1. The lowest BCUT2D eigenvalue weighted by atomic mass is 10.0. The number of ether oxygens (including phenoxy) is 1. The van der Waals surface area contributed by atoms with Gasteiger partial charge in [-0.2, -0.15) is 0 Å². The summed E-state index contributed by atoms with van der Waals surface area (Å²) in [6.07, 6.45) is 3.36. The lowest BCUT2D eigenvalue weighted by Crippen LogP contribution is -2.29. The molecule has 30 heavy (non-hydrogen) atoms. The van der Waals surface area contributed by atoms with Gasteiger partial charge in [-0.1, -0.05) is 19.4 Å². The number of hydrogen-bond donors (Lipinski definition) is 1. The van der Waals surface area contributed by atoms with Crippen molar-refractivity contribution >= 4 is 5.91 Å². The normalized spacial score (nSPS) is 11.9. The van der Waals surface area contributed by atoms with E-state index in [1.807, 2.05) is 31.2 Å². The van der Waals surface area contributed by atoms with E-state index in [2.05, 4.69) is 10.3 Å². The fraction of sp³-hybridized carbons (Fsp3) is 0.304. The predicted octanol–water partition coefficient (Wildman–Crippen LogP) is 5.22. The van der Waals surface area contributed by atoms with Gasteiger partial charge in [0.15, 0.2) is 11.7 Å². The van der Waals surface area contributed by atoms with Crippen LogP contribution in [0.3, 0.4) is 0 Å². The first-order valence-corrected chi connectivity index (χ1v) is 9.83. The van der Waals surface area contributed by atoms with Gasteiger partial charge < -0.3 is 14.5 Å². The Morgan fingerprint density at radius 1 is 1.20 bits per heavy atom. The minimum atomic E-state index is -0.661. The van der Waals surface area contributed by atoms with E-state index in [9.17, 15) is 13.6 Å². The SMILES string of the molecule is CCC[C@@H](NC(=O)CCc1ncc(-c2ccc(OC)cc2)o1)c1ccc(F)cc1F. The maximum atomic E-state index is 14.1. The minimum Gasteiger partial charge on any atom is -0.497 e. The largest absolute Gasteiger partial charge is 0.497 e. The van der Waals surface area contributed by atoms with Gasteiger partial charge in [0.25, 0.3) is 0 Å². The summed E-state index contributed by atoms with van der Waals surface area (Å²) < 4.78 is 38.2. The molecule has 1 atom stereocenters. The van der Waals surface area contributed by atoms with Crippen molar-refractivity contribution in [1.29, 1.82) is 0 Å². The van der Waals surface area contributed by atoms with Crippen LogP contribution in [-0.4, -0.2) is 18.0 Å². The van der Waals surface area contributed by atoms with Crippen LogP contribution in [0.1, 0.15) is 43.7 Å². The predicted molar refractivity (Wildman–Crippen MR) is 109 cm³/mol. The number of nitrogens with zero attached hydrogens (tertiary/aromatic N) is 1. The number of rotatable bonds is 9. The van der Waals surface area contributed by atoms with Gasteiger partial charge >= 0.3 is 0 Å². The molecule has 1 N–H and O–H groups in total. The third-order valence-electron chi connectivity index (χ3n) is 4.74. The van der Waals surface area contributed by atoms with Crippen molar-refractivity contribution in [2.24, 2.45) is 0 Å². The molecule has 0 radical (unpaired) electrons. The topological polar surface area (TPSA) is 64.4 Å². The zero-order valence-corrected chi connectivity index (χ0v) is 17.0. The van der Waals surface area contributed by atoms with Gasteiger partial charge in [-0.05, 0) is 36.8 Å². The van der Waals surface area contributed by atoms with Crippen LogP contribution in [0.25, 0.3) is 11.3 Å². The van der Waals surface area contributed by atoms with Crippen LogP contribution in [0.5, 0.6) is 5.75 Å². The van der Waals surface area contributed by atoms with E-state index in [0.717, 1.165) is 23.8 Å². The van der Waals surface area contributed by atoms with Gasteiger partial charge in [0.05, 0.1) is 19.3 Å². The summed E-state index contributed by atoms with van der Waals surface area (Å²) in [5.41, 5.74) is 1.14. The summed E-state index contributed by atoms with van der Waals surface area (Å²) >= 11 is 0. The highest BCUT2D eigenvalue weighted by molar-refractivity contribution is 5.76. The van der Waals surface area contributed by atoms with Gasteiger partial charge in [-0.3, -0.25) is 4.79 Å². The van der Waals surface area contributed by atoms with E-state index < -0.39 is 17.7 Å². The van der Waals surface area contributed by atoms with E-state index in [1.54, 1.807) is 13.3 Å². The number of hydrogen-bond acceptors (Lipinski definition) is 4. The molecule has 0 bridgehead atoms. The maximum absolute atomic E-state index is 14.1. The molecule has 2 aromatic carbocycles. The number of methoxy groups -OCH3 is 1. The average molecular weight is 414 g/mol. The van der Waals surface area contributed by atoms with Crippen LogP contribution in [-0.2, 0) is 11.2 Å². The second kappa shape index (κ2) is 10.0. The van der Waals surface area contributed by atoms with Crippen LogP contribution in [0.2, 0.25) is 0 Å². The number of aryl methyl sites for hydroxylation is 1. The number of halogens is 2. The first-order valence-electron chi connectivity index (χ1n) is 9.83. The molecule has 0 aliphatic carbocycles. The Morgan fingerprint density at radius 3 is 2.63 bits per heavy atom. The van der Waals surface area contributed by atoms with Crippen LogP contribution in [0.4, 0.5) is 8.78 Å². The fourth-order valence-corrected chi connectivity index (χ4v) is 3.18. The molecule has 0 fully saturated rings. The number of amides is 1. The second-order valence-electron chi connectivity index (χ2n) is 6.92. The first kappa shape index (κ1) is 21.5. The van der Waals surface area contributed by atoms with E-state index in [4.69, 9.17) is 9.15 Å². The molecule has 0 spiro atoms. The second-order valence-corrected chi connectivity index (χ2v) is 6.92. The van der Waals surface area contributed by atoms with Gasteiger partial charge in [0, 0.05) is 30.0 Å². The highest BCUT2D eigenvalue weighted by Crippen LogP contribution is 2.24. The zero-order valence-electron chi connectivity index (χ0n) is 17.0. The minimum absolute atomic E-state index is 0.144. The molecule has 0 saturated heterocycles. The van der Waals surface area contributed by atoms with Crippen LogP contribution in [0, 0.1) is 11.6 Å². The molecule has 0 aliphatic rings. The van der Waals surface area contributed by atoms with E-state index in [1.165, 1.54) is 12.1 Å². The van der Waals surface area contributed by atoms with E-state index >= 15 is 0 Å². The smallest absolute Gasteiger partial charge is 0.220 e. The summed E-state index contributed by atoms with van der Waals surface area (Å²) in [7, 11) is 1.60. The van der Waals surface area contributed by atoms with Crippen molar-refractivity contribution < 1.29 is 22.7 Å². The van der Waals surface area contributed by atoms with Crippen molar-refractivity contribution in [3.63, 3.8) is 0 Å². The molecule has 0 aliphatic heterocycles. The third-order valence-corrected chi connectivity index (χ3v) is 4.74. The van der Waals surface area contributed by atoms with E-state index in [-0.39, 0.29) is 17.9 Å². The molecule has 7 heteroatoms. The Kier molecular flexibility index (Phi) is 7.17. The molecule has 158 valence electrons. The summed E-state index contributed by atoms with van der Waals surface area (Å²) in [6, 6.07) is 10.3. The monoisotopic (exact) mass is 414 g/mol. The third kappa shape index (κ3) is 5.43. The maximum Gasteiger partial charge on any atom is 0.220 e. The summed E-state index contributed by atoms with van der Waals surface area (Å²) in [5.74, 6) is 0.233. The number of benzene rings is 2. The van der Waals surface area contributed by atoms with Crippen molar-refractivity contribution in [2.75, 3.05) is 7.11 Å². The van der Waals surface area contributed by atoms with Crippen LogP contribution >= 0.6 is 0 Å². The molecule has 1 amide bonds. The summed E-state index contributed by atoms with van der Waals surface area (Å²) in [4.78, 5) is 16.6. The van der Waals surface area contributed by atoms with Crippen molar-refractivity contribution in [1.82, 2.24) is 10.3 Å². The average Bonchev–Trinajstić information content (AvgIpc) is 3.21. The molecule has 3 aromatic rings. The highest BCUT2D eigenvalue weighted by atomic mass is 19.1. The molecular formula is C23H24F2N2O3. The molecule has 5 nitrogen and oxygen atoms in total. The first-order chi connectivity index (χ1) is 14.5. The molecule has 0 saturated carbocycles. The lowest BCUT2D eigenvalue weighted by Gasteiger charge is -2.19.